The van der Waals surface area contributed by atoms with Crippen molar-refractivity contribution in [2.24, 2.45) is 0 Å². The van der Waals surface area contributed by atoms with Gasteiger partial charge >= 0.3 is 6.18 Å². The normalized spacial score (nSPS) is 12.5. The summed E-state index contributed by atoms with van der Waals surface area (Å²) in [6.45, 7) is 3.61. The molecular formula is C6H11F3OSi. The summed E-state index contributed by atoms with van der Waals surface area (Å²) in [5.74, 6) is 0. The van der Waals surface area contributed by atoms with E-state index in [2.05, 4.69) is 0 Å². The molecule has 0 aromatic carbocycles. The first-order chi connectivity index (χ1) is 4.92. The number of hydrogen-bond acceptors (Lipinski definition) is 1. The molecule has 0 fully saturated rings. The van der Waals surface area contributed by atoms with E-state index in [1.54, 1.807) is 13.8 Å². The zero-order chi connectivity index (χ0) is 8.91. The summed E-state index contributed by atoms with van der Waals surface area (Å²) in [6, 6.07) is 0.0850. The van der Waals surface area contributed by atoms with Crippen LogP contribution in [0.15, 0.2) is 0 Å². The van der Waals surface area contributed by atoms with Crippen molar-refractivity contribution in [2.75, 3.05) is 0 Å². The number of hydrogen-bond donors (Lipinski definition) is 0. The molecule has 11 heavy (non-hydrogen) atoms. The molecule has 1 nitrogen and oxygen atoms in total. The van der Waals surface area contributed by atoms with Gasteiger partial charge in [0.25, 0.3) is 0 Å². The van der Waals surface area contributed by atoms with Crippen LogP contribution in [0.4, 0.5) is 13.2 Å². The lowest BCUT2D eigenvalue weighted by Crippen LogP contribution is -2.12. The second kappa shape index (κ2) is 4.77. The van der Waals surface area contributed by atoms with Crippen molar-refractivity contribution >= 4 is 9.76 Å². The molecule has 0 amide bonds. The van der Waals surface area contributed by atoms with E-state index in [4.69, 9.17) is 4.43 Å². The van der Waals surface area contributed by atoms with Crippen LogP contribution in [-0.2, 0) is 4.43 Å². The van der Waals surface area contributed by atoms with Gasteiger partial charge in [-0.15, -0.1) is 0 Å². The summed E-state index contributed by atoms with van der Waals surface area (Å²) >= 11 is 0. The number of rotatable bonds is 4. The minimum Gasteiger partial charge on any atom is -0.415 e. The van der Waals surface area contributed by atoms with E-state index in [9.17, 15) is 13.2 Å². The molecule has 0 aliphatic carbocycles. The van der Waals surface area contributed by atoms with Crippen LogP contribution in [0.3, 0.4) is 0 Å². The van der Waals surface area contributed by atoms with Crippen molar-refractivity contribution in [3.05, 3.63) is 0 Å². The third-order valence-corrected chi connectivity index (χ3v) is 1.92. The van der Waals surface area contributed by atoms with Crippen LogP contribution in [0.1, 0.15) is 20.3 Å². The minimum absolute atomic E-state index is 0.0292. The van der Waals surface area contributed by atoms with Gasteiger partial charge in [0.1, 0.15) is 0 Å². The predicted molar refractivity (Wildman–Crippen MR) is 37.5 cm³/mol. The first-order valence-electron chi connectivity index (χ1n) is 3.37. The zero-order valence-corrected chi connectivity index (χ0v) is 7.53. The Balaban J connectivity index is 3.15. The van der Waals surface area contributed by atoms with Crippen molar-refractivity contribution in [3.8, 4) is 0 Å². The van der Waals surface area contributed by atoms with E-state index in [1.807, 2.05) is 0 Å². The molecule has 0 unspecified atom stereocenters. The smallest absolute Gasteiger partial charge is 0.388 e. The monoisotopic (exact) mass is 184 g/mol. The molecule has 0 aromatic heterocycles. The van der Waals surface area contributed by atoms with Crippen LogP contribution >= 0.6 is 0 Å². The van der Waals surface area contributed by atoms with E-state index in [1.165, 1.54) is 0 Å². The van der Waals surface area contributed by atoms with Crippen LogP contribution in [0.2, 0.25) is 6.04 Å². The maximum Gasteiger partial charge on any atom is 0.388 e. The highest BCUT2D eigenvalue weighted by molar-refractivity contribution is 6.27. The van der Waals surface area contributed by atoms with Gasteiger partial charge in [0, 0.05) is 12.5 Å². The molecule has 0 aromatic rings. The van der Waals surface area contributed by atoms with Crippen molar-refractivity contribution in [2.45, 2.75) is 38.6 Å². The molecule has 0 bridgehead atoms. The Bertz CT molecular complexity index is 102. The standard InChI is InChI=1S/C6H11F3OSi/c1-5(2)10-11-4-3-6(7,8)9/h5H,3-4H2,1-2H3. The Morgan fingerprint density at radius 1 is 1.36 bits per heavy atom. The minimum atomic E-state index is -4.03. The molecule has 0 rings (SSSR count). The largest absolute Gasteiger partial charge is 0.415 e. The molecule has 0 N–H and O–H groups in total. The van der Waals surface area contributed by atoms with E-state index in [0.717, 1.165) is 0 Å². The van der Waals surface area contributed by atoms with Crippen LogP contribution in [0, 0.1) is 0 Å². The molecule has 0 spiro atoms. The molecule has 5 heteroatoms. The molecule has 0 heterocycles. The molecule has 0 aliphatic heterocycles. The topological polar surface area (TPSA) is 9.23 Å². The summed E-state index contributed by atoms with van der Waals surface area (Å²) < 4.78 is 39.6. The van der Waals surface area contributed by atoms with E-state index in [-0.39, 0.29) is 21.9 Å². The fraction of sp³-hybridized carbons (Fsp3) is 1.00. The fourth-order valence-corrected chi connectivity index (χ4v) is 1.26. The van der Waals surface area contributed by atoms with E-state index >= 15 is 0 Å². The van der Waals surface area contributed by atoms with Gasteiger partial charge in [-0.1, -0.05) is 0 Å². The van der Waals surface area contributed by atoms with Crippen LogP contribution in [0.25, 0.3) is 0 Å². The molecule has 2 radical (unpaired) electrons. The first-order valence-corrected chi connectivity index (χ1v) is 4.48. The highest BCUT2D eigenvalue weighted by Gasteiger charge is 2.26. The predicted octanol–water partition coefficient (Wildman–Crippen LogP) is 2.40. The first kappa shape index (κ1) is 11.0. The second-order valence-corrected chi connectivity index (χ2v) is 3.45. The van der Waals surface area contributed by atoms with Gasteiger partial charge in [0.15, 0.2) is 0 Å². The second-order valence-electron chi connectivity index (χ2n) is 2.43. The summed E-state index contributed by atoms with van der Waals surface area (Å²) in [5.41, 5.74) is 0. The van der Waals surface area contributed by atoms with Gasteiger partial charge in [0.2, 0.25) is 9.76 Å². The quantitative estimate of drug-likeness (QED) is 0.481. The Morgan fingerprint density at radius 2 is 1.91 bits per heavy atom. The van der Waals surface area contributed by atoms with Gasteiger partial charge < -0.3 is 4.43 Å². The van der Waals surface area contributed by atoms with Gasteiger partial charge in [-0.25, -0.2) is 0 Å². The fourth-order valence-electron chi connectivity index (χ4n) is 0.418. The van der Waals surface area contributed by atoms with Crippen LogP contribution in [0.5, 0.6) is 0 Å². The maximum atomic E-state index is 11.5. The van der Waals surface area contributed by atoms with Crippen molar-refractivity contribution in [3.63, 3.8) is 0 Å². The van der Waals surface area contributed by atoms with E-state index in [0.29, 0.717) is 0 Å². The Hall–Kier alpha value is -0.0331. The van der Waals surface area contributed by atoms with Gasteiger partial charge in [-0.2, -0.15) is 13.2 Å². The molecule has 0 aliphatic rings. The van der Waals surface area contributed by atoms with Crippen LogP contribution < -0.4 is 0 Å². The summed E-state index contributed by atoms with van der Waals surface area (Å²) in [5, 5.41) is 0. The van der Waals surface area contributed by atoms with E-state index < -0.39 is 12.6 Å². The third kappa shape index (κ3) is 9.97. The molecular weight excluding hydrogens is 173 g/mol. The lowest BCUT2D eigenvalue weighted by atomic mass is 10.5. The molecule has 0 saturated carbocycles. The third-order valence-electron chi connectivity index (χ3n) is 0.830. The summed E-state index contributed by atoms with van der Waals surface area (Å²) in [4.78, 5) is 0. The number of alkyl halides is 3. The summed E-state index contributed by atoms with van der Waals surface area (Å²) in [7, 11) is -0.0339. The SMILES string of the molecule is CC(C)O[Si]CCC(F)(F)F. The van der Waals surface area contributed by atoms with Crippen molar-refractivity contribution in [1.82, 2.24) is 0 Å². The van der Waals surface area contributed by atoms with Gasteiger partial charge in [-0.05, 0) is 19.9 Å². The average Bonchev–Trinajstić information content (AvgIpc) is 1.78. The van der Waals surface area contributed by atoms with Gasteiger partial charge in [-0.3, -0.25) is 0 Å². The average molecular weight is 184 g/mol. The Kier molecular flexibility index (Phi) is 4.75. The molecule has 0 atom stereocenters. The maximum absolute atomic E-state index is 11.5. The Labute approximate surface area is 66.9 Å². The molecule has 66 valence electrons. The van der Waals surface area contributed by atoms with Crippen molar-refractivity contribution in [1.29, 1.82) is 0 Å². The molecule has 0 saturated heterocycles. The Morgan fingerprint density at radius 3 is 2.27 bits per heavy atom. The highest BCUT2D eigenvalue weighted by Crippen LogP contribution is 2.21. The van der Waals surface area contributed by atoms with Gasteiger partial charge in [0.05, 0.1) is 0 Å². The lowest BCUT2D eigenvalue weighted by molar-refractivity contribution is -0.130. The summed E-state index contributed by atoms with van der Waals surface area (Å²) in [6.07, 6.45) is -4.74. The number of halogens is 3. The lowest BCUT2D eigenvalue weighted by Gasteiger charge is -2.07. The highest BCUT2D eigenvalue weighted by atomic mass is 28.2. The van der Waals surface area contributed by atoms with Crippen LogP contribution in [-0.4, -0.2) is 22.0 Å². The van der Waals surface area contributed by atoms with Crippen molar-refractivity contribution < 1.29 is 17.6 Å². The zero-order valence-electron chi connectivity index (χ0n) is 6.53.